The number of hydrogen-bond acceptors (Lipinski definition) is 5. The number of ketones is 1. The molecular formula is C27H29N3O3S. The molecule has 0 saturated heterocycles. The Labute approximate surface area is 203 Å². The summed E-state index contributed by atoms with van der Waals surface area (Å²) in [7, 11) is 0. The van der Waals surface area contributed by atoms with E-state index in [0.717, 1.165) is 62.5 Å². The highest BCUT2D eigenvalue weighted by atomic mass is 32.2. The number of benzene rings is 2. The van der Waals surface area contributed by atoms with Gasteiger partial charge < -0.3 is 18.6 Å². The van der Waals surface area contributed by atoms with Crippen molar-refractivity contribution in [1.29, 1.82) is 0 Å². The van der Waals surface area contributed by atoms with Gasteiger partial charge in [-0.15, -0.1) is 0 Å². The third-order valence-corrected chi connectivity index (χ3v) is 7.31. The van der Waals surface area contributed by atoms with Crippen LogP contribution in [0.15, 0.2) is 53.7 Å². The zero-order valence-electron chi connectivity index (χ0n) is 19.8. The average molecular weight is 476 g/mol. The van der Waals surface area contributed by atoms with Gasteiger partial charge in [-0.05, 0) is 50.6 Å². The number of imidazole rings is 1. The Hall–Kier alpha value is -3.19. The van der Waals surface area contributed by atoms with Crippen LogP contribution in [0.25, 0.3) is 16.7 Å². The zero-order chi connectivity index (χ0) is 23.7. The third kappa shape index (κ3) is 4.20. The van der Waals surface area contributed by atoms with Crippen molar-refractivity contribution in [2.24, 2.45) is 0 Å². The van der Waals surface area contributed by atoms with E-state index in [1.807, 2.05) is 62.4 Å². The van der Waals surface area contributed by atoms with Gasteiger partial charge in [0.2, 0.25) is 6.79 Å². The number of hydrogen-bond donors (Lipinski definition) is 0. The average Bonchev–Trinajstić information content (AvgIpc) is 3.52. The quantitative estimate of drug-likeness (QED) is 0.161. The molecule has 0 N–H and O–H groups in total. The topological polar surface area (TPSA) is 58.3 Å². The van der Waals surface area contributed by atoms with Crippen molar-refractivity contribution in [2.45, 2.75) is 51.7 Å². The second-order valence-electron chi connectivity index (χ2n) is 8.61. The smallest absolute Gasteiger partial charge is 0.231 e. The van der Waals surface area contributed by atoms with Gasteiger partial charge in [0.25, 0.3) is 0 Å². The molecule has 0 bridgehead atoms. The number of aromatic nitrogens is 3. The fourth-order valence-corrected chi connectivity index (χ4v) is 5.54. The maximum Gasteiger partial charge on any atom is 0.231 e. The van der Waals surface area contributed by atoms with Crippen LogP contribution < -0.4 is 9.47 Å². The molecule has 0 aliphatic carbocycles. The Morgan fingerprint density at radius 2 is 1.88 bits per heavy atom. The van der Waals surface area contributed by atoms with Gasteiger partial charge in [-0.1, -0.05) is 43.7 Å². The predicted molar refractivity (Wildman–Crippen MR) is 136 cm³/mol. The summed E-state index contributed by atoms with van der Waals surface area (Å²) in [5.74, 6) is 2.56. The van der Waals surface area contributed by atoms with Crippen molar-refractivity contribution in [3.8, 4) is 17.2 Å². The van der Waals surface area contributed by atoms with Crippen molar-refractivity contribution >= 4 is 28.6 Å². The molecule has 0 radical (unpaired) electrons. The van der Waals surface area contributed by atoms with E-state index in [9.17, 15) is 4.79 Å². The van der Waals surface area contributed by atoms with Crippen LogP contribution in [0.5, 0.6) is 11.5 Å². The highest BCUT2D eigenvalue weighted by Crippen LogP contribution is 2.35. The first-order chi connectivity index (χ1) is 16.6. The monoisotopic (exact) mass is 475 g/mol. The van der Waals surface area contributed by atoms with E-state index in [-0.39, 0.29) is 19.1 Å². The number of thioether (sulfide) groups is 1. The van der Waals surface area contributed by atoms with E-state index in [0.29, 0.717) is 0 Å². The second-order valence-corrected chi connectivity index (χ2v) is 9.67. The highest BCUT2D eigenvalue weighted by Gasteiger charge is 2.21. The lowest BCUT2D eigenvalue weighted by Crippen LogP contribution is -2.12. The molecule has 4 aromatic rings. The molecule has 0 amide bonds. The summed E-state index contributed by atoms with van der Waals surface area (Å²) in [6.45, 7) is 6.73. The minimum atomic E-state index is 0.0821. The minimum absolute atomic E-state index is 0.0821. The minimum Gasteiger partial charge on any atom is -0.454 e. The number of rotatable bonds is 9. The Kier molecular flexibility index (Phi) is 6.37. The molecule has 34 heavy (non-hydrogen) atoms. The van der Waals surface area contributed by atoms with Crippen LogP contribution >= 0.6 is 11.8 Å². The van der Waals surface area contributed by atoms with Crippen molar-refractivity contribution in [1.82, 2.24) is 14.1 Å². The number of carbonyl (C=O) groups excluding carboxylic acids is 1. The summed E-state index contributed by atoms with van der Waals surface area (Å²) in [6.07, 6.45) is 3.54. The van der Waals surface area contributed by atoms with Crippen LogP contribution in [0, 0.1) is 13.8 Å². The molecule has 0 saturated carbocycles. The maximum absolute atomic E-state index is 13.6. The van der Waals surface area contributed by atoms with Crippen LogP contribution in [-0.2, 0) is 6.54 Å². The molecule has 2 aromatic carbocycles. The number of unbranched alkanes of at least 4 members (excludes halogenated alkanes) is 2. The molecular weight excluding hydrogens is 446 g/mol. The van der Waals surface area contributed by atoms with Crippen LogP contribution in [0.4, 0.5) is 0 Å². The number of carbonyl (C=O) groups is 1. The summed E-state index contributed by atoms with van der Waals surface area (Å²) < 4.78 is 15.2. The number of ether oxygens (including phenoxy) is 2. The highest BCUT2D eigenvalue weighted by molar-refractivity contribution is 7.99. The summed E-state index contributed by atoms with van der Waals surface area (Å²) in [5, 5.41) is 0.912. The summed E-state index contributed by atoms with van der Waals surface area (Å²) in [6, 6.07) is 15.9. The molecule has 1 aliphatic heterocycles. The van der Waals surface area contributed by atoms with E-state index >= 15 is 0 Å². The number of nitrogens with zero attached hydrogens (tertiary/aromatic N) is 3. The summed E-state index contributed by atoms with van der Waals surface area (Å²) in [5.41, 5.74) is 5.54. The van der Waals surface area contributed by atoms with Crippen LogP contribution in [0.1, 0.15) is 47.9 Å². The number of para-hydroxylation sites is 2. The molecule has 0 atom stereocenters. The molecule has 6 nitrogen and oxygen atoms in total. The Morgan fingerprint density at radius 3 is 2.74 bits per heavy atom. The molecule has 0 fully saturated rings. The fourth-order valence-electron chi connectivity index (χ4n) is 4.53. The van der Waals surface area contributed by atoms with E-state index in [1.165, 1.54) is 12.8 Å². The van der Waals surface area contributed by atoms with Crippen molar-refractivity contribution in [3.05, 3.63) is 65.5 Å². The van der Waals surface area contributed by atoms with E-state index < -0.39 is 0 Å². The van der Waals surface area contributed by atoms with Gasteiger partial charge in [0.1, 0.15) is 0 Å². The number of aryl methyl sites for hydroxylation is 1. The lowest BCUT2D eigenvalue weighted by Gasteiger charge is -2.11. The molecule has 176 valence electrons. The Balaban J connectivity index is 1.44. The second kappa shape index (κ2) is 9.58. The summed E-state index contributed by atoms with van der Waals surface area (Å²) in [4.78, 5) is 18.4. The first kappa shape index (κ1) is 22.6. The van der Waals surface area contributed by atoms with Gasteiger partial charge in [0.05, 0.1) is 17.6 Å². The Morgan fingerprint density at radius 1 is 1.06 bits per heavy atom. The lowest BCUT2D eigenvalue weighted by atomic mass is 10.1. The van der Waals surface area contributed by atoms with Crippen molar-refractivity contribution < 1.29 is 14.3 Å². The molecule has 3 heterocycles. The van der Waals surface area contributed by atoms with E-state index in [4.69, 9.17) is 14.5 Å². The van der Waals surface area contributed by atoms with Crippen LogP contribution in [0.2, 0.25) is 0 Å². The maximum atomic E-state index is 13.6. The van der Waals surface area contributed by atoms with Gasteiger partial charge in [-0.3, -0.25) is 4.79 Å². The van der Waals surface area contributed by atoms with Crippen molar-refractivity contribution in [2.75, 3.05) is 12.5 Å². The predicted octanol–water partition coefficient (Wildman–Crippen LogP) is 6.34. The van der Waals surface area contributed by atoms with Gasteiger partial charge in [0, 0.05) is 34.5 Å². The molecule has 7 heteroatoms. The van der Waals surface area contributed by atoms with Crippen molar-refractivity contribution in [3.63, 3.8) is 0 Å². The Bertz CT molecular complexity index is 1350. The fraction of sp³-hybridized carbons (Fsp3) is 0.333. The largest absolute Gasteiger partial charge is 0.454 e. The number of fused-ring (bicyclic) bond motifs is 2. The molecule has 2 aromatic heterocycles. The normalized spacial score (nSPS) is 12.6. The van der Waals surface area contributed by atoms with Gasteiger partial charge in [0.15, 0.2) is 22.4 Å². The SMILES string of the molecule is CCCCCSc1nc2ccccc2n1CC(=O)c1cc(C)n(-c2ccc3c(c2)OCO3)c1C. The van der Waals surface area contributed by atoms with Gasteiger partial charge in [-0.2, -0.15) is 0 Å². The lowest BCUT2D eigenvalue weighted by molar-refractivity contribution is 0.0970. The third-order valence-electron chi connectivity index (χ3n) is 6.25. The molecule has 0 unspecified atom stereocenters. The van der Waals surface area contributed by atoms with Crippen LogP contribution in [-0.4, -0.2) is 32.4 Å². The standard InChI is InChI=1S/C27H29N3O3S/c1-4-5-8-13-34-27-28-22-9-6-7-10-23(22)29(27)16-24(31)21-14-18(2)30(19(21)3)20-11-12-25-26(15-20)33-17-32-25/h6-7,9-12,14-15H,4-5,8,13,16-17H2,1-3H3. The first-order valence-electron chi connectivity index (χ1n) is 11.8. The zero-order valence-corrected chi connectivity index (χ0v) is 20.7. The van der Waals surface area contributed by atoms with E-state index in [2.05, 4.69) is 16.1 Å². The van der Waals surface area contributed by atoms with E-state index in [1.54, 1.807) is 11.8 Å². The summed E-state index contributed by atoms with van der Waals surface area (Å²) >= 11 is 1.74. The molecule has 1 aliphatic rings. The first-order valence-corrected chi connectivity index (χ1v) is 12.8. The number of Topliss-reactive ketones (excluding diaryl/α,β-unsaturated/α-hetero) is 1. The van der Waals surface area contributed by atoms with Gasteiger partial charge >= 0.3 is 0 Å². The van der Waals surface area contributed by atoms with Crippen LogP contribution in [0.3, 0.4) is 0 Å². The molecule has 0 spiro atoms. The van der Waals surface area contributed by atoms with Gasteiger partial charge in [-0.25, -0.2) is 4.98 Å². The molecule has 5 rings (SSSR count).